The van der Waals surface area contributed by atoms with Crippen molar-refractivity contribution in [3.8, 4) is 0 Å². The van der Waals surface area contributed by atoms with Crippen molar-refractivity contribution in [2.24, 2.45) is 5.73 Å². The van der Waals surface area contributed by atoms with Crippen LogP contribution in [0.2, 0.25) is 5.15 Å². The molecule has 0 amide bonds. The topological polar surface area (TPSA) is 138 Å². The van der Waals surface area contributed by atoms with Gasteiger partial charge in [-0.3, -0.25) is 25.2 Å². The molecule has 0 unspecified atom stereocenters. The van der Waals surface area contributed by atoms with Crippen LogP contribution in [0.4, 0.5) is 11.4 Å². The molecule has 0 saturated carbocycles. The number of nitro groups is 2. The van der Waals surface area contributed by atoms with Crippen molar-refractivity contribution in [2.45, 2.75) is 6.54 Å². The van der Waals surface area contributed by atoms with Crippen LogP contribution in [0, 0.1) is 20.2 Å². The molecule has 10 heteroatoms. The zero-order valence-electron chi connectivity index (χ0n) is 10.5. The third-order valence-corrected chi connectivity index (χ3v) is 2.48. The summed E-state index contributed by atoms with van der Waals surface area (Å²) in [5, 5.41) is 20.3. The Morgan fingerprint density at radius 1 is 1.05 bits per heavy atom. The monoisotopic (exact) mass is 311 g/mol. The van der Waals surface area contributed by atoms with Crippen molar-refractivity contribution in [3.05, 3.63) is 67.7 Å². The quantitative estimate of drug-likeness (QED) is 0.520. The Bertz CT molecular complexity index is 652. The molecule has 0 spiro atoms. The molecule has 0 radical (unpaired) electrons. The van der Waals surface area contributed by atoms with Gasteiger partial charge in [0.25, 0.3) is 5.69 Å². The molecule has 0 aliphatic carbocycles. The molecule has 0 aromatic carbocycles. The lowest BCUT2D eigenvalue weighted by atomic mass is 10.3. The molecular weight excluding hydrogens is 302 g/mol. The van der Waals surface area contributed by atoms with Crippen molar-refractivity contribution in [3.63, 3.8) is 0 Å². The number of halogens is 1. The number of hydrogen-bond acceptors (Lipinski definition) is 7. The van der Waals surface area contributed by atoms with Crippen LogP contribution in [0.25, 0.3) is 0 Å². The second-order valence-corrected chi connectivity index (χ2v) is 3.86. The molecule has 2 rings (SSSR count). The van der Waals surface area contributed by atoms with Crippen LogP contribution < -0.4 is 5.73 Å². The third-order valence-electron chi connectivity index (χ3n) is 2.19. The molecule has 9 nitrogen and oxygen atoms in total. The molecule has 2 N–H and O–H groups in total. The smallest absolute Gasteiger partial charge is 0.306 e. The van der Waals surface area contributed by atoms with E-state index in [-0.39, 0.29) is 23.1 Å². The van der Waals surface area contributed by atoms with E-state index in [1.54, 1.807) is 0 Å². The van der Waals surface area contributed by atoms with Gasteiger partial charge in [0.05, 0.1) is 9.85 Å². The zero-order valence-corrected chi connectivity index (χ0v) is 11.3. The number of rotatable bonds is 3. The van der Waals surface area contributed by atoms with Gasteiger partial charge in [0.2, 0.25) is 5.15 Å². The van der Waals surface area contributed by atoms with E-state index in [4.69, 9.17) is 17.3 Å². The van der Waals surface area contributed by atoms with E-state index in [0.717, 1.165) is 0 Å². The summed E-state index contributed by atoms with van der Waals surface area (Å²) in [7, 11) is 0. The van der Waals surface area contributed by atoms with Gasteiger partial charge in [-0.2, -0.15) is 0 Å². The highest BCUT2D eigenvalue weighted by Gasteiger charge is 2.11. The standard InChI is InChI=1S/C6H7N3O2.C5H3ClN2O2/c7-4-5-6(9(10)11)2-1-3-8-5;6-5-4(8(9)10)2-1-3-7-5/h1-3H,4,7H2;1-3H. The SMILES string of the molecule is NCc1ncccc1[N+](=O)[O-].O=[N+]([O-])c1cccnc1Cl. The van der Waals surface area contributed by atoms with E-state index in [1.807, 2.05) is 0 Å². The van der Waals surface area contributed by atoms with Crippen molar-refractivity contribution in [1.82, 2.24) is 9.97 Å². The van der Waals surface area contributed by atoms with Gasteiger partial charge in [0.15, 0.2) is 0 Å². The summed E-state index contributed by atoms with van der Waals surface area (Å²) in [6.07, 6.45) is 2.88. The van der Waals surface area contributed by atoms with Crippen LogP contribution in [0.1, 0.15) is 5.69 Å². The summed E-state index contributed by atoms with van der Waals surface area (Å²) in [4.78, 5) is 26.6. The minimum Gasteiger partial charge on any atom is -0.325 e. The van der Waals surface area contributed by atoms with E-state index in [9.17, 15) is 20.2 Å². The first kappa shape index (κ1) is 16.4. The number of nitrogens with zero attached hydrogens (tertiary/aromatic N) is 4. The van der Waals surface area contributed by atoms with Gasteiger partial charge >= 0.3 is 5.69 Å². The van der Waals surface area contributed by atoms with Gasteiger partial charge in [-0.05, 0) is 12.1 Å². The number of nitrogens with two attached hydrogens (primary N) is 1. The molecule has 0 aliphatic rings. The minimum absolute atomic E-state index is 0.0185. The highest BCUT2D eigenvalue weighted by atomic mass is 35.5. The highest BCUT2D eigenvalue weighted by Crippen LogP contribution is 2.19. The van der Waals surface area contributed by atoms with Crippen molar-refractivity contribution in [2.75, 3.05) is 0 Å². The minimum atomic E-state index is -0.574. The lowest BCUT2D eigenvalue weighted by Gasteiger charge is -1.95. The Morgan fingerprint density at radius 3 is 1.95 bits per heavy atom. The first-order chi connectivity index (χ1) is 9.97. The lowest BCUT2D eigenvalue weighted by molar-refractivity contribution is -0.385. The van der Waals surface area contributed by atoms with Gasteiger partial charge < -0.3 is 5.73 Å². The Kier molecular flexibility index (Phi) is 6.11. The second-order valence-electron chi connectivity index (χ2n) is 3.50. The fourth-order valence-corrected chi connectivity index (χ4v) is 1.46. The van der Waals surface area contributed by atoms with E-state index >= 15 is 0 Å². The van der Waals surface area contributed by atoms with Gasteiger partial charge in [-0.25, -0.2) is 4.98 Å². The Morgan fingerprint density at radius 2 is 1.57 bits per heavy atom. The van der Waals surface area contributed by atoms with Crippen molar-refractivity contribution >= 4 is 23.0 Å². The van der Waals surface area contributed by atoms with E-state index in [0.29, 0.717) is 5.69 Å². The predicted molar refractivity (Wildman–Crippen MR) is 74.7 cm³/mol. The molecule has 0 atom stereocenters. The fourth-order valence-electron chi connectivity index (χ4n) is 1.27. The summed E-state index contributed by atoms with van der Waals surface area (Å²) in [6, 6.07) is 5.66. The molecule has 2 aromatic heterocycles. The molecule has 2 heterocycles. The Labute approximate surface area is 123 Å². The van der Waals surface area contributed by atoms with Crippen LogP contribution >= 0.6 is 11.6 Å². The molecule has 0 saturated heterocycles. The maximum absolute atomic E-state index is 10.3. The van der Waals surface area contributed by atoms with Crippen molar-refractivity contribution < 1.29 is 9.85 Å². The van der Waals surface area contributed by atoms with Gasteiger partial charge in [0.1, 0.15) is 5.69 Å². The van der Waals surface area contributed by atoms with E-state index in [2.05, 4.69) is 9.97 Å². The van der Waals surface area contributed by atoms with Crippen LogP contribution in [-0.4, -0.2) is 19.8 Å². The summed E-state index contributed by atoms with van der Waals surface area (Å²) < 4.78 is 0. The zero-order chi connectivity index (χ0) is 15.8. The summed E-state index contributed by atoms with van der Waals surface area (Å²) >= 11 is 5.37. The summed E-state index contributed by atoms with van der Waals surface area (Å²) in [6.45, 7) is 0.0944. The Hall–Kier alpha value is -2.65. The fraction of sp³-hybridized carbons (Fsp3) is 0.0909. The average molecular weight is 312 g/mol. The Balaban J connectivity index is 0.000000211. The lowest BCUT2D eigenvalue weighted by Crippen LogP contribution is -2.03. The highest BCUT2D eigenvalue weighted by molar-refractivity contribution is 6.31. The molecule has 0 aliphatic heterocycles. The normalized spacial score (nSPS) is 9.43. The van der Waals surface area contributed by atoms with Crippen LogP contribution in [-0.2, 0) is 6.54 Å². The predicted octanol–water partition coefficient (Wildman–Crippen LogP) is 2.09. The number of pyridine rings is 2. The molecule has 0 fully saturated rings. The van der Waals surface area contributed by atoms with Crippen LogP contribution in [0.3, 0.4) is 0 Å². The summed E-state index contributed by atoms with van der Waals surface area (Å²) in [5.41, 5.74) is 5.36. The molecular formula is C11H10ClN5O4. The first-order valence-electron chi connectivity index (χ1n) is 5.50. The maximum atomic E-state index is 10.3. The largest absolute Gasteiger partial charge is 0.325 e. The molecule has 110 valence electrons. The number of hydrogen-bond donors (Lipinski definition) is 1. The van der Waals surface area contributed by atoms with Crippen molar-refractivity contribution in [1.29, 1.82) is 0 Å². The molecule has 21 heavy (non-hydrogen) atoms. The van der Waals surface area contributed by atoms with E-state index < -0.39 is 9.85 Å². The van der Waals surface area contributed by atoms with E-state index in [1.165, 1.54) is 36.7 Å². The van der Waals surface area contributed by atoms with Gasteiger partial charge in [-0.15, -0.1) is 0 Å². The molecule has 2 aromatic rings. The molecule has 0 bridgehead atoms. The first-order valence-corrected chi connectivity index (χ1v) is 5.88. The number of aromatic nitrogens is 2. The average Bonchev–Trinajstić information content (AvgIpc) is 2.48. The third kappa shape index (κ3) is 4.75. The van der Waals surface area contributed by atoms with Crippen LogP contribution in [0.5, 0.6) is 0 Å². The maximum Gasteiger partial charge on any atom is 0.306 e. The second kappa shape index (κ2) is 7.82. The van der Waals surface area contributed by atoms with Crippen LogP contribution in [0.15, 0.2) is 36.7 Å². The van der Waals surface area contributed by atoms with Gasteiger partial charge in [-0.1, -0.05) is 11.6 Å². The summed E-state index contributed by atoms with van der Waals surface area (Å²) in [5.74, 6) is 0. The van der Waals surface area contributed by atoms with Gasteiger partial charge in [0, 0.05) is 31.1 Å².